The molecule has 1 saturated carbocycles. The number of thiocarbonyl (C=S) groups is 1. The third-order valence-corrected chi connectivity index (χ3v) is 16.6. The van der Waals surface area contributed by atoms with Crippen LogP contribution in [0, 0.1) is 0 Å². The van der Waals surface area contributed by atoms with Gasteiger partial charge in [0.15, 0.2) is 11.1 Å². The van der Waals surface area contributed by atoms with Gasteiger partial charge in [-0.15, -0.1) is 0 Å². The van der Waals surface area contributed by atoms with Crippen LogP contribution in [0.4, 0.5) is 0 Å². The second-order valence-electron chi connectivity index (χ2n) is 22.5. The van der Waals surface area contributed by atoms with Gasteiger partial charge in [-0.3, -0.25) is 58.3 Å². The Morgan fingerprint density at radius 2 is 1.01 bits per heavy atom. The molecule has 0 spiro atoms. The molecule has 9 atom stereocenters. The minimum Gasteiger partial charge on any atom is -0.388 e. The van der Waals surface area contributed by atoms with E-state index in [4.69, 9.17) is 29.4 Å². The molecule has 0 aromatic heterocycles. The molecule has 8 saturated heterocycles. The molecule has 1 aliphatic carbocycles. The highest BCUT2D eigenvalue weighted by Gasteiger charge is 2.47. The fraction of sp³-hybridized carbons (Fsp3) is 0.655. The van der Waals surface area contributed by atoms with Crippen molar-refractivity contribution in [2.75, 3.05) is 45.8 Å². The lowest BCUT2D eigenvalue weighted by Crippen LogP contribution is -2.61. The number of hydrogen-bond donors (Lipinski definition) is 10. The summed E-state index contributed by atoms with van der Waals surface area (Å²) in [6, 6.07) is 4.05. The SMILES string of the molecule is CC(N)=NCCC[C@@H]1NC(=O)[C@@H]2CCCN2C1=O.NC(=NCCC[C@@H]1NC(=O)[C@@H]2CCCN2C1=O)NC1CC1.NC(=S)NCCC[C@@H]1NC(=O)[C@@H]2CCCN2C1=O.O=C1c2ccccc2C=[N+](O)C1CC[C@@H]1NC(=O)[C@@H]2CCCN2C1=O. The second-order valence-corrected chi connectivity index (χ2v) is 22.9. The van der Waals surface area contributed by atoms with E-state index in [-0.39, 0.29) is 107 Å². The molecule has 8 amide bonds. The molecule has 26 nitrogen and oxygen atoms in total. The van der Waals surface area contributed by atoms with Crippen LogP contribution in [0.15, 0.2) is 34.3 Å². The Morgan fingerprint density at radius 3 is 1.44 bits per heavy atom. The summed E-state index contributed by atoms with van der Waals surface area (Å²) in [5.41, 5.74) is 17.7. The third kappa shape index (κ3) is 15.2. The van der Waals surface area contributed by atoms with Gasteiger partial charge in [-0.25, -0.2) is 0 Å². The molecule has 9 heterocycles. The molecular formula is C55H81N16O10S+. The number of guanidine groups is 1. The first-order valence-corrected chi connectivity index (χ1v) is 29.6. The predicted octanol–water partition coefficient (Wildman–Crippen LogP) is -1.61. The van der Waals surface area contributed by atoms with E-state index < -0.39 is 12.1 Å². The molecule has 13 N–H and O–H groups in total. The summed E-state index contributed by atoms with van der Waals surface area (Å²) < 4.78 is 0.915. The average Bonchev–Trinajstić information content (AvgIpc) is 4.07. The highest BCUT2D eigenvalue weighted by Crippen LogP contribution is 2.28. The summed E-state index contributed by atoms with van der Waals surface area (Å²) in [5.74, 6) is 0.807. The summed E-state index contributed by atoms with van der Waals surface area (Å²) in [7, 11) is 0. The molecular weight excluding hydrogens is 1080 g/mol. The number of carbonyl (C=O) groups is 9. The molecule has 0 radical (unpaired) electrons. The lowest BCUT2D eigenvalue weighted by atomic mass is 9.92. The van der Waals surface area contributed by atoms with Crippen LogP contribution < -0.4 is 49.1 Å². The Balaban J connectivity index is 0.000000145. The molecule has 82 heavy (non-hydrogen) atoms. The van der Waals surface area contributed by atoms with Crippen LogP contribution >= 0.6 is 12.2 Å². The van der Waals surface area contributed by atoms with Gasteiger partial charge in [-0.1, -0.05) is 18.2 Å². The van der Waals surface area contributed by atoms with E-state index >= 15 is 0 Å². The van der Waals surface area contributed by atoms with Crippen molar-refractivity contribution in [3.8, 4) is 0 Å². The van der Waals surface area contributed by atoms with Crippen LogP contribution in [0.5, 0.6) is 0 Å². The highest BCUT2D eigenvalue weighted by molar-refractivity contribution is 7.80. The number of hydroxylamine groups is 1. The minimum absolute atomic E-state index is 0.00407. The zero-order valence-corrected chi connectivity index (χ0v) is 47.5. The number of nitrogens with zero attached hydrogens (tertiary/aromatic N) is 7. The van der Waals surface area contributed by atoms with E-state index in [2.05, 4.69) is 41.9 Å². The fourth-order valence-electron chi connectivity index (χ4n) is 12.1. The van der Waals surface area contributed by atoms with Gasteiger partial charge < -0.3 is 68.7 Å². The van der Waals surface area contributed by atoms with Crippen molar-refractivity contribution in [2.24, 2.45) is 27.2 Å². The maximum atomic E-state index is 12.6. The van der Waals surface area contributed by atoms with Gasteiger partial charge in [-0.2, -0.15) is 0 Å². The number of nitrogens with one attached hydrogen (secondary N) is 6. The number of hydrogen-bond acceptors (Lipinski definition) is 13. The van der Waals surface area contributed by atoms with Crippen LogP contribution in [0.2, 0.25) is 0 Å². The van der Waals surface area contributed by atoms with Gasteiger partial charge in [0.05, 0.1) is 11.4 Å². The monoisotopic (exact) mass is 1160 g/mol. The van der Waals surface area contributed by atoms with E-state index in [1.165, 1.54) is 6.21 Å². The first-order valence-electron chi connectivity index (χ1n) is 29.1. The number of benzene rings is 1. The number of amides is 8. The van der Waals surface area contributed by atoms with Gasteiger partial charge in [-0.05, 0) is 139 Å². The number of piperazine rings is 4. The van der Waals surface area contributed by atoms with E-state index in [1.807, 2.05) is 0 Å². The first kappa shape index (κ1) is 60.6. The standard InChI is InChI=1S/C18H19N3O4.C14H23N5O2.C12H20N4O2.C11H18N4O2S/c22-16-12-5-2-1-4-11(12)10-21(25)14(16)8-7-13-18(24)20-9-3-6-15(20)17(23)19-13;15-14(17-9-5-6-9)16-7-1-3-10-13(21)19-8-2-4-11(19)12(20)18-10;1-8(13)14-6-2-4-9-12(18)16-7-3-5-10(16)11(17)15-9;12-11(18)13-5-1-3-7-10(17)15-6-2-4-8(15)9(16)14-7/h1-2,4-5,10,13-15H,3,6-9H2,(H-,19,22,23,25);9-11H,1-8H2,(H,18,20)(H3,15,16,17);9-10H,2-7H2,1H3,(H2,13,14)(H,15,17);7-8H,1-6H2,(H,14,16)(H3,12,13,18)/p+1/t13-,14?,15-;10-,11-;9-,10-;7-,8-/m0000/s1. The molecule has 9 aliphatic heterocycles. The van der Waals surface area contributed by atoms with Crippen LogP contribution in [-0.4, -0.2) is 212 Å². The molecule has 9 fully saturated rings. The summed E-state index contributed by atoms with van der Waals surface area (Å²) in [6.07, 6.45) is 15.2. The Hall–Kier alpha value is -7.45. The van der Waals surface area contributed by atoms with Gasteiger partial charge in [0.1, 0.15) is 48.3 Å². The number of aliphatic imine (C=N–C) groups is 2. The Labute approximate surface area is 482 Å². The van der Waals surface area contributed by atoms with Gasteiger partial charge in [0.2, 0.25) is 59.3 Å². The highest BCUT2D eigenvalue weighted by atomic mass is 32.1. The maximum Gasteiger partial charge on any atom is 0.264 e. The van der Waals surface area contributed by atoms with Gasteiger partial charge in [0, 0.05) is 63.8 Å². The lowest BCUT2D eigenvalue weighted by Gasteiger charge is -2.34. The molecule has 11 rings (SSSR count). The average molecular weight is 1160 g/mol. The van der Waals surface area contributed by atoms with Crippen molar-refractivity contribution in [1.29, 1.82) is 0 Å². The normalized spacial score (nSPS) is 28.2. The van der Waals surface area contributed by atoms with E-state index in [9.17, 15) is 48.4 Å². The third-order valence-electron chi connectivity index (χ3n) is 16.5. The number of ketones is 1. The molecule has 0 bridgehead atoms. The van der Waals surface area contributed by atoms with Crippen LogP contribution in [0.1, 0.15) is 138 Å². The summed E-state index contributed by atoms with van der Waals surface area (Å²) in [6.45, 7) is 6.29. The number of amidine groups is 1. The van der Waals surface area contributed by atoms with E-state index in [0.29, 0.717) is 107 Å². The van der Waals surface area contributed by atoms with Gasteiger partial charge in [0.25, 0.3) is 6.04 Å². The summed E-state index contributed by atoms with van der Waals surface area (Å²) in [5, 5.41) is 27.6. The zero-order chi connectivity index (χ0) is 58.6. The van der Waals surface area contributed by atoms with Crippen molar-refractivity contribution >= 4 is 88.4 Å². The van der Waals surface area contributed by atoms with E-state index in [1.54, 1.807) is 50.8 Å². The number of rotatable bonds is 16. The smallest absolute Gasteiger partial charge is 0.264 e. The van der Waals surface area contributed by atoms with Crippen molar-refractivity contribution in [1.82, 2.24) is 51.5 Å². The molecule has 1 aromatic rings. The van der Waals surface area contributed by atoms with Crippen molar-refractivity contribution in [3.05, 3.63) is 35.4 Å². The molecule has 27 heteroatoms. The predicted molar refractivity (Wildman–Crippen MR) is 305 cm³/mol. The van der Waals surface area contributed by atoms with Crippen LogP contribution in [-0.2, 0) is 38.4 Å². The quantitative estimate of drug-likeness (QED) is 0.0222. The maximum absolute atomic E-state index is 12.6. The number of carbonyl (C=O) groups excluding carboxylic acids is 9. The largest absolute Gasteiger partial charge is 0.388 e. The molecule has 1 unspecified atom stereocenters. The fourth-order valence-corrected chi connectivity index (χ4v) is 12.2. The van der Waals surface area contributed by atoms with Gasteiger partial charge >= 0.3 is 0 Å². The summed E-state index contributed by atoms with van der Waals surface area (Å²) in [4.78, 5) is 125. The lowest BCUT2D eigenvalue weighted by molar-refractivity contribution is -0.786. The Morgan fingerprint density at radius 1 is 0.598 bits per heavy atom. The molecule has 446 valence electrons. The van der Waals surface area contributed by atoms with Crippen LogP contribution in [0.25, 0.3) is 0 Å². The number of nitrogens with two attached hydrogens (primary N) is 3. The number of fused-ring (bicyclic) bond motifs is 5. The molecule has 1 aromatic carbocycles. The summed E-state index contributed by atoms with van der Waals surface area (Å²) >= 11 is 4.69. The van der Waals surface area contributed by atoms with Crippen molar-refractivity contribution < 1.29 is 53.1 Å². The zero-order valence-electron chi connectivity index (χ0n) is 46.7. The Bertz CT molecular complexity index is 2700. The molecule has 10 aliphatic rings. The first-order chi connectivity index (χ1) is 39.4. The van der Waals surface area contributed by atoms with Crippen molar-refractivity contribution in [2.45, 2.75) is 183 Å². The van der Waals surface area contributed by atoms with E-state index in [0.717, 1.165) is 81.8 Å². The second kappa shape index (κ2) is 28.0. The Kier molecular flexibility index (Phi) is 20.7. The van der Waals surface area contributed by atoms with Crippen molar-refractivity contribution in [3.63, 3.8) is 0 Å². The van der Waals surface area contributed by atoms with Crippen LogP contribution in [0.3, 0.4) is 0 Å². The topological polar surface area (TPSA) is 365 Å². The number of Topliss-reactive ketones (excluding diaryl/α,β-unsaturated/α-hetero) is 1. The minimum atomic E-state index is -0.740.